The molecule has 0 amide bonds. The molecule has 2 aromatic heterocycles. The van der Waals surface area contributed by atoms with E-state index in [0.29, 0.717) is 17.5 Å². The Morgan fingerprint density at radius 3 is 1.60 bits per heavy atom. The largest absolute Gasteiger partial charge is 0.208 e. The molecule has 0 saturated carbocycles. The fourth-order valence-corrected chi connectivity index (χ4v) is 10.8. The van der Waals surface area contributed by atoms with Crippen LogP contribution >= 0.6 is 11.3 Å². The molecule has 2 heterocycles. The van der Waals surface area contributed by atoms with Crippen molar-refractivity contribution in [1.29, 1.82) is 0 Å². The fourth-order valence-electron chi connectivity index (χ4n) is 9.45. The van der Waals surface area contributed by atoms with E-state index in [1.54, 1.807) is 0 Å². The quantitative estimate of drug-likeness (QED) is 0.184. The van der Waals surface area contributed by atoms with Crippen LogP contribution in [0, 0.1) is 0 Å². The van der Waals surface area contributed by atoms with Gasteiger partial charge in [-0.1, -0.05) is 161 Å². The molecular formula is C49H35N3S. The minimum Gasteiger partial charge on any atom is -0.208 e. The van der Waals surface area contributed by atoms with Crippen molar-refractivity contribution in [1.82, 2.24) is 15.0 Å². The fraction of sp³-hybridized carbons (Fsp3) is 0.122. The normalized spacial score (nSPS) is 14.7. The van der Waals surface area contributed by atoms with E-state index in [-0.39, 0.29) is 10.8 Å². The van der Waals surface area contributed by atoms with Crippen LogP contribution in [-0.2, 0) is 10.8 Å². The molecule has 0 radical (unpaired) electrons. The number of fused-ring (bicyclic) bond motifs is 14. The lowest BCUT2D eigenvalue weighted by atomic mass is 9.77. The van der Waals surface area contributed by atoms with Crippen LogP contribution in [0.15, 0.2) is 140 Å². The number of thiophene rings is 1. The molecule has 0 fully saturated rings. The monoisotopic (exact) mass is 697 g/mol. The van der Waals surface area contributed by atoms with Crippen molar-refractivity contribution in [2.45, 2.75) is 38.5 Å². The third kappa shape index (κ3) is 4.13. The van der Waals surface area contributed by atoms with Crippen LogP contribution in [-0.4, -0.2) is 15.0 Å². The second-order valence-electron chi connectivity index (χ2n) is 15.5. The molecule has 2 aliphatic carbocycles. The highest BCUT2D eigenvalue weighted by Gasteiger charge is 2.42. The molecule has 0 unspecified atom stereocenters. The van der Waals surface area contributed by atoms with Gasteiger partial charge in [0.05, 0.1) is 0 Å². The Labute approximate surface area is 312 Å². The molecular weight excluding hydrogens is 663 g/mol. The number of hydrogen-bond acceptors (Lipinski definition) is 4. The van der Waals surface area contributed by atoms with Crippen LogP contribution in [0.25, 0.3) is 87.4 Å². The van der Waals surface area contributed by atoms with Gasteiger partial charge in [0.1, 0.15) is 0 Å². The Morgan fingerprint density at radius 1 is 0.396 bits per heavy atom. The van der Waals surface area contributed by atoms with Gasteiger partial charge in [-0.25, -0.2) is 15.0 Å². The number of hydrogen-bond donors (Lipinski definition) is 0. The average Bonchev–Trinajstić information content (AvgIpc) is 3.79. The molecule has 0 saturated heterocycles. The van der Waals surface area contributed by atoms with Crippen LogP contribution in [0.1, 0.15) is 49.9 Å². The van der Waals surface area contributed by atoms with E-state index in [0.717, 1.165) is 16.7 Å². The highest BCUT2D eigenvalue weighted by Crippen LogP contribution is 2.61. The lowest BCUT2D eigenvalue weighted by molar-refractivity contribution is 0.660. The zero-order valence-corrected chi connectivity index (χ0v) is 30.8. The first-order chi connectivity index (χ1) is 25.8. The molecule has 0 N–H and O–H groups in total. The van der Waals surface area contributed by atoms with Crippen molar-refractivity contribution < 1.29 is 0 Å². The number of aromatic nitrogens is 3. The summed E-state index contributed by atoms with van der Waals surface area (Å²) in [6, 6.07) is 50.2. The summed E-state index contributed by atoms with van der Waals surface area (Å²) in [7, 11) is 0. The predicted molar refractivity (Wildman–Crippen MR) is 222 cm³/mol. The molecule has 0 aliphatic heterocycles. The first kappa shape index (κ1) is 30.6. The molecule has 4 heteroatoms. The van der Waals surface area contributed by atoms with Gasteiger partial charge >= 0.3 is 0 Å². The third-order valence-corrected chi connectivity index (χ3v) is 13.2. The van der Waals surface area contributed by atoms with E-state index in [1.165, 1.54) is 75.5 Å². The highest BCUT2D eigenvalue weighted by atomic mass is 32.1. The predicted octanol–water partition coefficient (Wildman–Crippen LogP) is 13.0. The van der Waals surface area contributed by atoms with E-state index < -0.39 is 0 Å². The maximum Gasteiger partial charge on any atom is 0.165 e. The smallest absolute Gasteiger partial charge is 0.165 e. The summed E-state index contributed by atoms with van der Waals surface area (Å²) < 4.78 is 2.54. The summed E-state index contributed by atoms with van der Waals surface area (Å²) in [5.74, 6) is 2.03. The molecule has 252 valence electrons. The lowest BCUT2D eigenvalue weighted by Crippen LogP contribution is -2.16. The lowest BCUT2D eigenvalue weighted by Gasteiger charge is -2.25. The Kier molecular flexibility index (Phi) is 6.23. The van der Waals surface area contributed by atoms with Crippen LogP contribution < -0.4 is 0 Å². The maximum atomic E-state index is 5.20. The zero-order valence-electron chi connectivity index (χ0n) is 30.0. The van der Waals surface area contributed by atoms with Crippen molar-refractivity contribution in [3.63, 3.8) is 0 Å². The van der Waals surface area contributed by atoms with Gasteiger partial charge in [-0.3, -0.25) is 0 Å². The molecule has 11 rings (SSSR count). The standard InChI is InChI=1S/C49H35N3S/c1-48(2)35-24-13-11-20-30(35)38-37(48)27-26-32-39(38)40-33-22-15-23-34(43(33)53-44(40)41-31-21-12-14-25-36(31)49(3,4)42(32)41)47-51-45(28-16-7-5-8-17-28)50-46(52-47)29-18-9-6-10-19-29/h5-27H,1-4H3. The Hall–Kier alpha value is -5.97. The molecule has 0 atom stereocenters. The SMILES string of the molecule is CC1(C)c2ccccc2-c2c1ccc1c3c(c4sc5c(-c6nc(-c7ccccc7)nc(-c7ccccc7)n6)cccc5c4c21)-c1ccccc1C3(C)C. The van der Waals surface area contributed by atoms with Crippen molar-refractivity contribution in [2.24, 2.45) is 0 Å². The van der Waals surface area contributed by atoms with E-state index in [4.69, 9.17) is 15.0 Å². The van der Waals surface area contributed by atoms with Gasteiger partial charge in [-0.2, -0.15) is 0 Å². The third-order valence-electron chi connectivity index (χ3n) is 11.9. The van der Waals surface area contributed by atoms with Gasteiger partial charge in [-0.05, 0) is 55.8 Å². The van der Waals surface area contributed by atoms with E-state index in [9.17, 15) is 0 Å². The van der Waals surface area contributed by atoms with Crippen molar-refractivity contribution in [2.75, 3.05) is 0 Å². The summed E-state index contributed by atoms with van der Waals surface area (Å²) in [4.78, 5) is 15.4. The summed E-state index contributed by atoms with van der Waals surface area (Å²) in [5.41, 5.74) is 13.7. The zero-order chi connectivity index (χ0) is 35.6. The first-order valence-electron chi connectivity index (χ1n) is 18.4. The summed E-state index contributed by atoms with van der Waals surface area (Å²) in [6.07, 6.45) is 0. The van der Waals surface area contributed by atoms with Crippen LogP contribution in [0.3, 0.4) is 0 Å². The summed E-state index contributed by atoms with van der Waals surface area (Å²) in [6.45, 7) is 9.59. The summed E-state index contributed by atoms with van der Waals surface area (Å²) in [5, 5.41) is 5.29. The number of benzene rings is 7. The molecule has 3 nitrogen and oxygen atoms in total. The van der Waals surface area contributed by atoms with Gasteiger partial charge in [0.15, 0.2) is 17.5 Å². The van der Waals surface area contributed by atoms with E-state index >= 15 is 0 Å². The Morgan fingerprint density at radius 2 is 0.943 bits per heavy atom. The van der Waals surface area contributed by atoms with E-state index in [2.05, 4.69) is 131 Å². The number of nitrogens with zero attached hydrogens (tertiary/aromatic N) is 3. The highest BCUT2D eigenvalue weighted by molar-refractivity contribution is 7.27. The maximum absolute atomic E-state index is 5.20. The van der Waals surface area contributed by atoms with Gasteiger partial charge < -0.3 is 0 Å². The van der Waals surface area contributed by atoms with Gasteiger partial charge in [-0.15, -0.1) is 11.3 Å². The van der Waals surface area contributed by atoms with Gasteiger partial charge in [0, 0.05) is 53.3 Å². The van der Waals surface area contributed by atoms with E-state index in [1.807, 2.05) is 47.7 Å². The molecule has 0 bridgehead atoms. The molecule has 7 aromatic carbocycles. The Balaban J connectivity index is 1.30. The van der Waals surface area contributed by atoms with Crippen LogP contribution in [0.5, 0.6) is 0 Å². The molecule has 2 aliphatic rings. The van der Waals surface area contributed by atoms with Crippen molar-refractivity contribution >= 4 is 42.3 Å². The van der Waals surface area contributed by atoms with Crippen LogP contribution in [0.4, 0.5) is 0 Å². The average molecular weight is 698 g/mol. The molecule has 9 aromatic rings. The van der Waals surface area contributed by atoms with Crippen molar-refractivity contribution in [3.8, 4) is 56.4 Å². The van der Waals surface area contributed by atoms with Crippen molar-refractivity contribution in [3.05, 3.63) is 162 Å². The minimum atomic E-state index is -0.164. The van der Waals surface area contributed by atoms with Crippen LogP contribution in [0.2, 0.25) is 0 Å². The molecule has 0 spiro atoms. The second kappa shape index (κ2) is 10.8. The topological polar surface area (TPSA) is 38.7 Å². The minimum absolute atomic E-state index is 0.104. The Bertz CT molecular complexity index is 2930. The number of rotatable bonds is 3. The first-order valence-corrected chi connectivity index (χ1v) is 19.2. The molecule has 53 heavy (non-hydrogen) atoms. The second-order valence-corrected chi connectivity index (χ2v) is 16.5. The summed E-state index contributed by atoms with van der Waals surface area (Å²) >= 11 is 1.90. The van der Waals surface area contributed by atoms with Gasteiger partial charge in [0.25, 0.3) is 0 Å². The van der Waals surface area contributed by atoms with Gasteiger partial charge in [0.2, 0.25) is 0 Å².